The first-order valence-corrected chi connectivity index (χ1v) is 6.61. The molecule has 1 saturated heterocycles. The Hall–Kier alpha value is -2.62. The van der Waals surface area contributed by atoms with E-state index in [0.29, 0.717) is 0 Å². The number of fused-ring (bicyclic) bond motifs is 6. The molecule has 0 saturated carbocycles. The lowest BCUT2D eigenvalue weighted by Gasteiger charge is -2.42. The van der Waals surface area contributed by atoms with Crippen LogP contribution < -0.4 is 10.0 Å². The zero-order valence-corrected chi connectivity index (χ0v) is 10.7. The van der Waals surface area contributed by atoms with E-state index >= 15 is 0 Å². The molecule has 0 bridgehead atoms. The molecule has 2 aliphatic rings. The Morgan fingerprint density at radius 3 is 1.50 bits per heavy atom. The van der Waals surface area contributed by atoms with Gasteiger partial charge in [0.25, 0.3) is 0 Å². The van der Waals surface area contributed by atoms with Crippen LogP contribution in [0.5, 0.6) is 0 Å². The van der Waals surface area contributed by atoms with E-state index in [1.54, 1.807) is 0 Å². The number of rotatable bonds is 0. The SMILES string of the molecule is O=C1CCC(=O)N2c3ccccc3-c3ccccc3N12. The molecular formula is C16H12N2O2. The largest absolute Gasteiger partial charge is 0.273 e. The Labute approximate surface area is 116 Å². The predicted octanol–water partition coefficient (Wildman–Crippen LogP) is 2.74. The molecule has 0 atom stereocenters. The molecule has 2 aromatic rings. The smallest absolute Gasteiger partial charge is 0.246 e. The number of hydrogen-bond acceptors (Lipinski definition) is 2. The summed E-state index contributed by atoms with van der Waals surface area (Å²) in [4.78, 5) is 24.6. The Kier molecular flexibility index (Phi) is 2.21. The van der Waals surface area contributed by atoms with Crippen LogP contribution >= 0.6 is 0 Å². The van der Waals surface area contributed by atoms with E-state index in [-0.39, 0.29) is 24.7 Å². The van der Waals surface area contributed by atoms with Crippen molar-refractivity contribution >= 4 is 23.2 Å². The number of para-hydroxylation sites is 2. The van der Waals surface area contributed by atoms with Gasteiger partial charge in [-0.15, -0.1) is 0 Å². The maximum absolute atomic E-state index is 12.3. The van der Waals surface area contributed by atoms with Crippen molar-refractivity contribution in [2.24, 2.45) is 0 Å². The molecule has 4 heteroatoms. The third-order valence-electron chi connectivity index (χ3n) is 3.78. The number of nitrogens with zero attached hydrogens (tertiary/aromatic N) is 2. The van der Waals surface area contributed by atoms with Gasteiger partial charge < -0.3 is 0 Å². The molecule has 2 heterocycles. The van der Waals surface area contributed by atoms with Crippen LogP contribution in [0.3, 0.4) is 0 Å². The Bertz CT molecular complexity index is 675. The first kappa shape index (κ1) is 11.2. The van der Waals surface area contributed by atoms with Gasteiger partial charge in [-0.25, -0.2) is 10.0 Å². The molecular weight excluding hydrogens is 252 g/mol. The van der Waals surface area contributed by atoms with E-state index in [1.807, 2.05) is 48.5 Å². The molecule has 0 unspecified atom stereocenters. The summed E-state index contributed by atoms with van der Waals surface area (Å²) >= 11 is 0. The highest BCUT2D eigenvalue weighted by atomic mass is 16.2. The van der Waals surface area contributed by atoms with Gasteiger partial charge in [-0.3, -0.25) is 9.59 Å². The number of anilines is 2. The first-order chi connectivity index (χ1) is 9.77. The van der Waals surface area contributed by atoms with Crippen molar-refractivity contribution in [2.75, 3.05) is 10.0 Å². The van der Waals surface area contributed by atoms with Crippen LogP contribution in [-0.2, 0) is 9.59 Å². The summed E-state index contributed by atoms with van der Waals surface area (Å²) in [5, 5.41) is 3.03. The van der Waals surface area contributed by atoms with E-state index < -0.39 is 0 Å². The average Bonchev–Trinajstić information content (AvgIpc) is 2.50. The second-order valence-corrected chi connectivity index (χ2v) is 4.95. The molecule has 4 rings (SSSR count). The quantitative estimate of drug-likeness (QED) is 0.734. The maximum Gasteiger partial charge on any atom is 0.246 e. The van der Waals surface area contributed by atoms with E-state index in [1.165, 1.54) is 10.0 Å². The van der Waals surface area contributed by atoms with Crippen molar-refractivity contribution in [3.8, 4) is 11.1 Å². The topological polar surface area (TPSA) is 40.6 Å². The van der Waals surface area contributed by atoms with Crippen molar-refractivity contribution in [1.29, 1.82) is 0 Å². The van der Waals surface area contributed by atoms with Gasteiger partial charge in [0.2, 0.25) is 11.8 Å². The highest BCUT2D eigenvalue weighted by Crippen LogP contribution is 2.44. The van der Waals surface area contributed by atoms with Gasteiger partial charge in [0.15, 0.2) is 0 Å². The summed E-state index contributed by atoms with van der Waals surface area (Å²) in [7, 11) is 0. The van der Waals surface area contributed by atoms with Crippen molar-refractivity contribution in [2.45, 2.75) is 12.8 Å². The van der Waals surface area contributed by atoms with Crippen LogP contribution in [0.25, 0.3) is 11.1 Å². The van der Waals surface area contributed by atoms with Gasteiger partial charge in [0, 0.05) is 24.0 Å². The molecule has 0 spiro atoms. The maximum atomic E-state index is 12.3. The summed E-state index contributed by atoms with van der Waals surface area (Å²) < 4.78 is 0. The van der Waals surface area contributed by atoms with Crippen LogP contribution in [0.4, 0.5) is 11.4 Å². The fourth-order valence-electron chi connectivity index (χ4n) is 2.91. The highest BCUT2D eigenvalue weighted by Gasteiger charge is 2.39. The van der Waals surface area contributed by atoms with E-state index in [0.717, 1.165) is 22.5 Å². The van der Waals surface area contributed by atoms with Gasteiger partial charge >= 0.3 is 0 Å². The molecule has 0 aromatic heterocycles. The summed E-state index contributed by atoms with van der Waals surface area (Å²) in [5.41, 5.74) is 3.54. The van der Waals surface area contributed by atoms with Crippen molar-refractivity contribution in [3.05, 3.63) is 48.5 Å². The number of hydrazine groups is 1. The van der Waals surface area contributed by atoms with E-state index in [9.17, 15) is 9.59 Å². The lowest BCUT2D eigenvalue weighted by Crippen LogP contribution is -2.55. The fourth-order valence-corrected chi connectivity index (χ4v) is 2.91. The molecule has 2 aliphatic heterocycles. The summed E-state index contributed by atoms with van der Waals surface area (Å²) in [5.74, 6) is -0.0712. The van der Waals surface area contributed by atoms with Crippen LogP contribution in [0, 0.1) is 0 Å². The standard InChI is InChI=1S/C16H12N2O2/c19-15-9-10-16(20)18-14-8-4-2-6-12(14)11-5-1-3-7-13(11)17(15)18/h1-8H,9-10H2. The minimum Gasteiger partial charge on any atom is -0.273 e. The third-order valence-corrected chi connectivity index (χ3v) is 3.78. The number of hydrogen-bond donors (Lipinski definition) is 0. The van der Waals surface area contributed by atoms with Crippen molar-refractivity contribution < 1.29 is 9.59 Å². The molecule has 20 heavy (non-hydrogen) atoms. The minimum absolute atomic E-state index is 0.0356. The van der Waals surface area contributed by atoms with E-state index in [4.69, 9.17) is 0 Å². The van der Waals surface area contributed by atoms with Crippen LogP contribution in [0.1, 0.15) is 12.8 Å². The summed E-state index contributed by atoms with van der Waals surface area (Å²) in [6.45, 7) is 0. The van der Waals surface area contributed by atoms with Crippen LogP contribution in [-0.4, -0.2) is 11.8 Å². The lowest BCUT2D eigenvalue weighted by atomic mass is 9.97. The molecule has 2 amide bonds. The molecule has 0 aliphatic carbocycles. The van der Waals surface area contributed by atoms with Gasteiger partial charge in [0.1, 0.15) is 0 Å². The molecule has 2 aromatic carbocycles. The monoisotopic (exact) mass is 264 g/mol. The van der Waals surface area contributed by atoms with Crippen LogP contribution in [0.15, 0.2) is 48.5 Å². The second kappa shape index (κ2) is 3.93. The van der Waals surface area contributed by atoms with E-state index in [2.05, 4.69) is 0 Å². The van der Waals surface area contributed by atoms with Gasteiger partial charge in [-0.2, -0.15) is 0 Å². The second-order valence-electron chi connectivity index (χ2n) is 4.95. The molecule has 4 nitrogen and oxygen atoms in total. The van der Waals surface area contributed by atoms with Gasteiger partial charge in [-0.05, 0) is 12.1 Å². The number of benzene rings is 2. The van der Waals surface area contributed by atoms with Crippen LogP contribution in [0.2, 0.25) is 0 Å². The summed E-state index contributed by atoms with van der Waals surface area (Å²) in [6.07, 6.45) is 0.539. The zero-order valence-electron chi connectivity index (χ0n) is 10.7. The number of carbonyl (C=O) groups excluding carboxylic acids is 2. The van der Waals surface area contributed by atoms with Crippen molar-refractivity contribution in [1.82, 2.24) is 0 Å². The predicted molar refractivity (Wildman–Crippen MR) is 76.1 cm³/mol. The number of amides is 2. The molecule has 98 valence electrons. The first-order valence-electron chi connectivity index (χ1n) is 6.61. The Balaban J connectivity index is 2.05. The Morgan fingerprint density at radius 2 is 1.05 bits per heavy atom. The summed E-state index contributed by atoms with van der Waals surface area (Å²) in [6, 6.07) is 15.4. The normalized spacial score (nSPS) is 16.6. The lowest BCUT2D eigenvalue weighted by molar-refractivity contribution is -0.128. The third kappa shape index (κ3) is 1.36. The zero-order chi connectivity index (χ0) is 13.7. The molecule has 0 radical (unpaired) electrons. The van der Waals surface area contributed by atoms with Gasteiger partial charge in [-0.1, -0.05) is 36.4 Å². The van der Waals surface area contributed by atoms with Crippen molar-refractivity contribution in [3.63, 3.8) is 0 Å². The number of carbonyl (C=O) groups is 2. The Morgan fingerprint density at radius 1 is 0.650 bits per heavy atom. The van der Waals surface area contributed by atoms with Gasteiger partial charge in [0.05, 0.1) is 11.4 Å². The molecule has 1 fully saturated rings. The fraction of sp³-hybridized carbons (Fsp3) is 0.125. The average molecular weight is 264 g/mol. The highest BCUT2D eigenvalue weighted by molar-refractivity contribution is 6.16. The molecule has 0 N–H and O–H groups in total. The minimum atomic E-state index is -0.0356.